The molecule has 0 bridgehead atoms. The van der Waals surface area contributed by atoms with Crippen LogP contribution in [-0.4, -0.2) is 58.5 Å². The van der Waals surface area contributed by atoms with Crippen LogP contribution < -0.4 is 0 Å². The monoisotopic (exact) mass is 423 g/mol. The van der Waals surface area contributed by atoms with Crippen LogP contribution in [0.5, 0.6) is 5.75 Å². The fourth-order valence-electron chi connectivity index (χ4n) is 6.02. The molecule has 0 radical (unpaired) electrons. The molecule has 1 aliphatic carbocycles. The molecule has 1 amide bonds. The summed E-state index contributed by atoms with van der Waals surface area (Å²) in [5.41, 5.74) is 5.70. The Morgan fingerprint density at radius 3 is 2.74 bits per heavy atom. The van der Waals surface area contributed by atoms with E-state index in [1.807, 2.05) is 30.9 Å². The van der Waals surface area contributed by atoms with Gasteiger partial charge in [-0.05, 0) is 94.3 Å². The van der Waals surface area contributed by atoms with E-state index >= 15 is 0 Å². The number of phenolic OH excluding ortho intramolecular Hbond substituents is 1. The first kappa shape index (κ1) is 21.9. The molecule has 168 valence electrons. The van der Waals surface area contributed by atoms with Gasteiger partial charge in [-0.15, -0.1) is 0 Å². The van der Waals surface area contributed by atoms with E-state index in [-0.39, 0.29) is 11.3 Å². The first-order chi connectivity index (χ1) is 14.9. The van der Waals surface area contributed by atoms with Crippen LogP contribution >= 0.6 is 0 Å². The molecule has 2 aromatic rings. The Kier molecular flexibility index (Phi) is 6.16. The Morgan fingerprint density at radius 1 is 1.29 bits per heavy atom. The van der Waals surface area contributed by atoms with Gasteiger partial charge in [0.2, 0.25) is 0 Å². The van der Waals surface area contributed by atoms with E-state index in [1.54, 1.807) is 6.07 Å². The number of hydrogen-bond acceptors (Lipinski definition) is 3. The molecule has 2 N–H and O–H groups in total. The van der Waals surface area contributed by atoms with Gasteiger partial charge in [0.1, 0.15) is 11.4 Å². The second-order valence-corrected chi connectivity index (χ2v) is 9.39. The summed E-state index contributed by atoms with van der Waals surface area (Å²) in [6.45, 7) is 13.2. The van der Waals surface area contributed by atoms with E-state index in [1.165, 1.54) is 23.2 Å². The molecule has 1 aromatic heterocycles. The maximum Gasteiger partial charge on any atom is 0.270 e. The highest BCUT2D eigenvalue weighted by molar-refractivity contribution is 5.94. The van der Waals surface area contributed by atoms with Crippen LogP contribution in [0.3, 0.4) is 0 Å². The molecule has 1 saturated heterocycles. The number of fused-ring (bicyclic) bond motifs is 2. The topological polar surface area (TPSA) is 59.6 Å². The molecular formula is C26H37N3O2. The zero-order valence-corrected chi connectivity index (χ0v) is 19.5. The fraction of sp³-hybridized carbons (Fsp3) is 0.577. The van der Waals surface area contributed by atoms with Gasteiger partial charge in [0.25, 0.3) is 5.91 Å². The molecule has 0 saturated carbocycles. The molecule has 2 heterocycles. The number of likely N-dealkylation sites (tertiary alicyclic amines) is 1. The predicted octanol–water partition coefficient (Wildman–Crippen LogP) is 4.28. The smallest absolute Gasteiger partial charge is 0.270 e. The third kappa shape index (κ3) is 3.78. The maximum atomic E-state index is 13.1. The summed E-state index contributed by atoms with van der Waals surface area (Å²) in [4.78, 5) is 21.2. The normalized spacial score (nSPS) is 23.3. The summed E-state index contributed by atoms with van der Waals surface area (Å²) in [6, 6.07) is 7.88. The Bertz CT molecular complexity index is 946. The minimum atomic E-state index is 0.00277. The van der Waals surface area contributed by atoms with Gasteiger partial charge >= 0.3 is 0 Å². The molecule has 2 atom stereocenters. The van der Waals surface area contributed by atoms with Gasteiger partial charge in [-0.2, -0.15) is 0 Å². The van der Waals surface area contributed by atoms with Gasteiger partial charge in [0.15, 0.2) is 0 Å². The van der Waals surface area contributed by atoms with E-state index in [9.17, 15) is 9.90 Å². The summed E-state index contributed by atoms with van der Waals surface area (Å²) in [5.74, 6) is 0.930. The summed E-state index contributed by atoms with van der Waals surface area (Å²) < 4.78 is 0. The third-order valence-corrected chi connectivity index (χ3v) is 7.77. The Labute approximate surface area is 186 Å². The lowest BCUT2D eigenvalue weighted by Crippen LogP contribution is -2.53. The minimum absolute atomic E-state index is 0.00277. The highest BCUT2D eigenvalue weighted by atomic mass is 16.3. The standard InChI is InChI=1S/C26H37N3O2/c1-5-12-28-13-11-26(19-9-8-10-21(30)14-19)16-23-22(15-20(26)17-28)18(4)24(27-23)25(31)29(6-2)7-3/h8-10,14,20,27,30H,5-7,11-13,15-17H2,1-4H3/t20-,26+/m0/s1. The van der Waals surface area contributed by atoms with Crippen LogP contribution in [0.1, 0.15) is 66.5 Å². The van der Waals surface area contributed by atoms with Crippen LogP contribution in [0.15, 0.2) is 24.3 Å². The molecule has 5 nitrogen and oxygen atoms in total. The van der Waals surface area contributed by atoms with E-state index in [0.29, 0.717) is 11.7 Å². The van der Waals surface area contributed by atoms with Crippen molar-refractivity contribution in [3.63, 3.8) is 0 Å². The number of piperidine rings is 1. The number of aromatic nitrogens is 1. The van der Waals surface area contributed by atoms with Gasteiger partial charge < -0.3 is 19.9 Å². The fourth-order valence-corrected chi connectivity index (χ4v) is 6.02. The molecule has 1 aromatic carbocycles. The lowest BCUT2D eigenvalue weighted by atomic mass is 9.58. The van der Waals surface area contributed by atoms with Crippen molar-refractivity contribution in [2.24, 2.45) is 5.92 Å². The maximum absolute atomic E-state index is 13.1. The minimum Gasteiger partial charge on any atom is -0.508 e. The summed E-state index contributed by atoms with van der Waals surface area (Å²) in [6.07, 6.45) is 4.14. The van der Waals surface area contributed by atoms with Gasteiger partial charge in [-0.25, -0.2) is 0 Å². The number of rotatable bonds is 6. The van der Waals surface area contributed by atoms with Crippen molar-refractivity contribution in [1.82, 2.24) is 14.8 Å². The van der Waals surface area contributed by atoms with Crippen LogP contribution in [0.25, 0.3) is 0 Å². The van der Waals surface area contributed by atoms with Crippen LogP contribution in [0, 0.1) is 12.8 Å². The van der Waals surface area contributed by atoms with Crippen molar-refractivity contribution in [3.05, 3.63) is 52.3 Å². The lowest BCUT2D eigenvalue weighted by Gasteiger charge is -2.51. The number of hydrogen-bond donors (Lipinski definition) is 2. The number of carbonyl (C=O) groups excluding carboxylic acids is 1. The van der Waals surface area contributed by atoms with Crippen molar-refractivity contribution >= 4 is 5.91 Å². The Balaban J connectivity index is 1.76. The number of aromatic amines is 1. The molecule has 4 rings (SSSR count). The van der Waals surface area contributed by atoms with Gasteiger partial charge in [-0.1, -0.05) is 19.1 Å². The zero-order valence-electron chi connectivity index (χ0n) is 19.5. The number of nitrogens with zero attached hydrogens (tertiary/aromatic N) is 2. The van der Waals surface area contributed by atoms with Gasteiger partial charge in [0.05, 0.1) is 0 Å². The van der Waals surface area contributed by atoms with E-state index < -0.39 is 0 Å². The first-order valence-corrected chi connectivity index (χ1v) is 11.9. The highest BCUT2D eigenvalue weighted by Crippen LogP contribution is 2.49. The van der Waals surface area contributed by atoms with Gasteiger partial charge in [-0.3, -0.25) is 4.79 Å². The number of aromatic hydroxyl groups is 1. The average Bonchev–Trinajstić information content (AvgIpc) is 3.08. The number of benzene rings is 1. The van der Waals surface area contributed by atoms with Crippen molar-refractivity contribution < 1.29 is 9.90 Å². The number of carbonyl (C=O) groups is 1. The molecule has 5 heteroatoms. The van der Waals surface area contributed by atoms with Crippen molar-refractivity contribution in [3.8, 4) is 5.75 Å². The predicted molar refractivity (Wildman–Crippen MR) is 125 cm³/mol. The quantitative estimate of drug-likeness (QED) is 0.729. The number of H-pyrrole nitrogens is 1. The molecule has 0 unspecified atom stereocenters. The van der Waals surface area contributed by atoms with Crippen LogP contribution in [0.4, 0.5) is 0 Å². The average molecular weight is 424 g/mol. The van der Waals surface area contributed by atoms with E-state index in [2.05, 4.69) is 29.8 Å². The molecule has 2 aliphatic rings. The van der Waals surface area contributed by atoms with E-state index in [4.69, 9.17) is 0 Å². The summed E-state index contributed by atoms with van der Waals surface area (Å²) in [5, 5.41) is 10.2. The number of nitrogens with one attached hydrogen (secondary N) is 1. The third-order valence-electron chi connectivity index (χ3n) is 7.77. The molecule has 0 spiro atoms. The molecule has 1 fully saturated rings. The molecule has 31 heavy (non-hydrogen) atoms. The lowest BCUT2D eigenvalue weighted by molar-refractivity contribution is 0.0766. The molecule has 1 aliphatic heterocycles. The highest BCUT2D eigenvalue weighted by Gasteiger charge is 2.48. The van der Waals surface area contributed by atoms with Crippen molar-refractivity contribution in [1.29, 1.82) is 0 Å². The number of phenols is 1. The Hall–Kier alpha value is -2.27. The SMILES string of the molecule is CCCN1CC[C@]2(c3cccc(O)c3)Cc3[nH]c(C(=O)N(CC)CC)c(C)c3C[C@H]2C1. The second kappa shape index (κ2) is 8.70. The van der Waals surface area contributed by atoms with Crippen LogP contribution in [0.2, 0.25) is 0 Å². The van der Waals surface area contributed by atoms with Crippen molar-refractivity contribution in [2.45, 2.75) is 58.8 Å². The van der Waals surface area contributed by atoms with E-state index in [0.717, 1.165) is 63.2 Å². The zero-order chi connectivity index (χ0) is 22.2. The van der Waals surface area contributed by atoms with Crippen molar-refractivity contribution in [2.75, 3.05) is 32.7 Å². The number of amides is 1. The van der Waals surface area contributed by atoms with Gasteiger partial charge in [0, 0.05) is 30.7 Å². The summed E-state index contributed by atoms with van der Waals surface area (Å²) >= 11 is 0. The first-order valence-electron chi connectivity index (χ1n) is 11.9. The largest absolute Gasteiger partial charge is 0.508 e. The summed E-state index contributed by atoms with van der Waals surface area (Å²) in [7, 11) is 0. The second-order valence-electron chi connectivity index (χ2n) is 9.39. The molecular weight excluding hydrogens is 386 g/mol. The van der Waals surface area contributed by atoms with Crippen LogP contribution in [-0.2, 0) is 18.3 Å². The Morgan fingerprint density at radius 2 is 2.06 bits per heavy atom.